The molecular formula is C14H10OS. The number of thiol groups is 1. The van der Waals surface area contributed by atoms with E-state index in [9.17, 15) is 0 Å². The highest BCUT2D eigenvalue weighted by Crippen LogP contribution is 2.30. The first kappa shape index (κ1) is 9.55. The van der Waals surface area contributed by atoms with Crippen LogP contribution >= 0.6 is 12.6 Å². The quantitative estimate of drug-likeness (QED) is 0.607. The predicted molar refractivity (Wildman–Crippen MR) is 68.9 cm³/mol. The Kier molecular flexibility index (Phi) is 2.22. The highest BCUT2D eigenvalue weighted by molar-refractivity contribution is 7.80. The van der Waals surface area contributed by atoms with Crippen LogP contribution in [0.5, 0.6) is 0 Å². The molecule has 0 aliphatic rings. The molecule has 0 bridgehead atoms. The molecule has 3 aromatic rings. The third kappa shape index (κ3) is 1.51. The summed E-state index contributed by atoms with van der Waals surface area (Å²) < 4.78 is 5.36. The van der Waals surface area contributed by atoms with E-state index >= 15 is 0 Å². The van der Waals surface area contributed by atoms with Crippen molar-refractivity contribution in [2.24, 2.45) is 0 Å². The second-order valence-corrected chi connectivity index (χ2v) is 4.18. The topological polar surface area (TPSA) is 13.1 Å². The Bertz CT molecular complexity index is 626. The van der Waals surface area contributed by atoms with Gasteiger partial charge >= 0.3 is 0 Å². The second-order valence-electron chi connectivity index (χ2n) is 3.70. The molecule has 0 radical (unpaired) electrons. The van der Waals surface area contributed by atoms with E-state index < -0.39 is 0 Å². The summed E-state index contributed by atoms with van der Waals surface area (Å²) in [5.74, 6) is 0. The predicted octanol–water partition coefficient (Wildman–Crippen LogP) is 4.39. The van der Waals surface area contributed by atoms with Gasteiger partial charge in [0.2, 0.25) is 0 Å². The number of hydrogen-bond donors (Lipinski definition) is 1. The molecule has 0 saturated heterocycles. The fraction of sp³-hybridized carbons (Fsp3) is 0. The molecule has 0 fully saturated rings. The second kappa shape index (κ2) is 3.72. The van der Waals surface area contributed by atoms with Gasteiger partial charge in [-0.3, -0.25) is 0 Å². The number of rotatable bonds is 1. The van der Waals surface area contributed by atoms with Crippen LogP contribution in [0, 0.1) is 0 Å². The molecule has 3 rings (SSSR count). The van der Waals surface area contributed by atoms with E-state index in [0.29, 0.717) is 0 Å². The summed E-state index contributed by atoms with van der Waals surface area (Å²) in [6, 6.07) is 16.4. The molecular weight excluding hydrogens is 216 g/mol. The van der Waals surface area contributed by atoms with E-state index in [0.717, 1.165) is 15.9 Å². The van der Waals surface area contributed by atoms with Gasteiger partial charge in [-0.25, -0.2) is 0 Å². The fourth-order valence-corrected chi connectivity index (χ4v) is 2.18. The van der Waals surface area contributed by atoms with Crippen molar-refractivity contribution < 1.29 is 4.42 Å². The van der Waals surface area contributed by atoms with Crippen molar-refractivity contribution in [3.05, 3.63) is 54.8 Å². The van der Waals surface area contributed by atoms with E-state index in [1.165, 1.54) is 11.1 Å². The standard InChI is InChI=1S/C14H10OS/c16-13-9-12(10-4-2-1-3-5-10)8-11-6-7-15-14(11)13/h1-9,16H. The average molecular weight is 226 g/mol. The van der Waals surface area contributed by atoms with Gasteiger partial charge in [0.05, 0.1) is 6.26 Å². The van der Waals surface area contributed by atoms with Gasteiger partial charge in [-0.15, -0.1) is 12.6 Å². The van der Waals surface area contributed by atoms with Crippen LogP contribution in [-0.4, -0.2) is 0 Å². The van der Waals surface area contributed by atoms with Gasteiger partial charge in [-0.05, 0) is 29.3 Å². The highest BCUT2D eigenvalue weighted by atomic mass is 32.1. The van der Waals surface area contributed by atoms with Gasteiger partial charge in [0, 0.05) is 10.3 Å². The number of furan rings is 1. The minimum absolute atomic E-state index is 0.850. The molecule has 0 unspecified atom stereocenters. The maximum atomic E-state index is 5.36. The molecule has 0 spiro atoms. The molecule has 0 N–H and O–H groups in total. The molecule has 0 atom stereocenters. The van der Waals surface area contributed by atoms with Crippen LogP contribution in [0.4, 0.5) is 0 Å². The summed E-state index contributed by atoms with van der Waals surface area (Å²) in [6.07, 6.45) is 1.69. The van der Waals surface area contributed by atoms with Crippen LogP contribution in [0.3, 0.4) is 0 Å². The van der Waals surface area contributed by atoms with Gasteiger partial charge in [0.25, 0.3) is 0 Å². The van der Waals surface area contributed by atoms with Gasteiger partial charge in [-0.1, -0.05) is 30.3 Å². The molecule has 0 aliphatic heterocycles. The van der Waals surface area contributed by atoms with Crippen LogP contribution in [0.15, 0.2) is 64.1 Å². The molecule has 78 valence electrons. The third-order valence-electron chi connectivity index (χ3n) is 2.64. The van der Waals surface area contributed by atoms with Gasteiger partial charge in [0.15, 0.2) is 0 Å². The maximum absolute atomic E-state index is 5.36. The Hall–Kier alpha value is -1.67. The largest absolute Gasteiger partial charge is 0.463 e. The zero-order chi connectivity index (χ0) is 11.0. The number of hydrogen-bond acceptors (Lipinski definition) is 2. The lowest BCUT2D eigenvalue weighted by molar-refractivity contribution is 0.609. The molecule has 1 heterocycles. The Morgan fingerprint density at radius 2 is 1.69 bits per heavy atom. The lowest BCUT2D eigenvalue weighted by Crippen LogP contribution is -1.78. The minimum Gasteiger partial charge on any atom is -0.463 e. The summed E-state index contributed by atoms with van der Waals surface area (Å²) in [4.78, 5) is 0.876. The van der Waals surface area contributed by atoms with Crippen molar-refractivity contribution >= 4 is 23.6 Å². The van der Waals surface area contributed by atoms with Crippen molar-refractivity contribution in [3.8, 4) is 11.1 Å². The van der Waals surface area contributed by atoms with E-state index in [1.807, 2.05) is 30.3 Å². The molecule has 0 amide bonds. The first-order valence-corrected chi connectivity index (χ1v) is 5.55. The molecule has 0 saturated carbocycles. The number of benzene rings is 2. The lowest BCUT2D eigenvalue weighted by Gasteiger charge is -2.03. The zero-order valence-corrected chi connectivity index (χ0v) is 9.45. The van der Waals surface area contributed by atoms with E-state index in [4.69, 9.17) is 4.42 Å². The summed E-state index contributed by atoms with van der Waals surface area (Å²) in [7, 11) is 0. The number of fused-ring (bicyclic) bond motifs is 1. The van der Waals surface area contributed by atoms with Crippen LogP contribution in [0.25, 0.3) is 22.1 Å². The van der Waals surface area contributed by atoms with Crippen LogP contribution in [-0.2, 0) is 0 Å². The SMILES string of the molecule is Sc1cc(-c2ccccc2)cc2ccoc12. The van der Waals surface area contributed by atoms with Crippen LogP contribution in [0.1, 0.15) is 0 Å². The van der Waals surface area contributed by atoms with E-state index in [1.54, 1.807) is 6.26 Å². The maximum Gasteiger partial charge on any atom is 0.147 e. The Labute approximate surface area is 99.1 Å². The first-order valence-electron chi connectivity index (χ1n) is 5.10. The Balaban J connectivity index is 2.25. The Morgan fingerprint density at radius 1 is 0.875 bits per heavy atom. The van der Waals surface area contributed by atoms with Crippen molar-refractivity contribution in [1.82, 2.24) is 0 Å². The monoisotopic (exact) mass is 226 g/mol. The summed E-state index contributed by atoms with van der Waals surface area (Å²) in [5.41, 5.74) is 3.21. The summed E-state index contributed by atoms with van der Waals surface area (Å²) in [6.45, 7) is 0. The smallest absolute Gasteiger partial charge is 0.147 e. The van der Waals surface area contributed by atoms with Crippen LogP contribution in [0.2, 0.25) is 0 Å². The molecule has 16 heavy (non-hydrogen) atoms. The lowest BCUT2D eigenvalue weighted by atomic mass is 10.0. The average Bonchev–Trinajstić information content (AvgIpc) is 2.79. The Morgan fingerprint density at radius 3 is 2.50 bits per heavy atom. The zero-order valence-electron chi connectivity index (χ0n) is 8.55. The minimum atomic E-state index is 0.850. The van der Waals surface area contributed by atoms with Crippen molar-refractivity contribution in [3.63, 3.8) is 0 Å². The first-order chi connectivity index (χ1) is 7.84. The molecule has 0 aliphatic carbocycles. The highest BCUT2D eigenvalue weighted by Gasteiger charge is 2.05. The molecule has 1 nitrogen and oxygen atoms in total. The van der Waals surface area contributed by atoms with Crippen molar-refractivity contribution in [1.29, 1.82) is 0 Å². The molecule has 1 aromatic heterocycles. The molecule has 2 aromatic carbocycles. The fourth-order valence-electron chi connectivity index (χ4n) is 1.86. The van der Waals surface area contributed by atoms with E-state index in [-0.39, 0.29) is 0 Å². The van der Waals surface area contributed by atoms with E-state index in [2.05, 4.69) is 30.8 Å². The van der Waals surface area contributed by atoms with Gasteiger partial charge < -0.3 is 4.42 Å². The van der Waals surface area contributed by atoms with Gasteiger partial charge in [-0.2, -0.15) is 0 Å². The van der Waals surface area contributed by atoms with Crippen molar-refractivity contribution in [2.45, 2.75) is 4.90 Å². The summed E-state index contributed by atoms with van der Waals surface area (Å²) >= 11 is 4.44. The molecule has 2 heteroatoms. The van der Waals surface area contributed by atoms with Gasteiger partial charge in [0.1, 0.15) is 5.58 Å². The summed E-state index contributed by atoms with van der Waals surface area (Å²) in [5, 5.41) is 1.09. The van der Waals surface area contributed by atoms with Crippen molar-refractivity contribution in [2.75, 3.05) is 0 Å². The van der Waals surface area contributed by atoms with Crippen LogP contribution < -0.4 is 0 Å². The normalized spacial score (nSPS) is 10.8. The third-order valence-corrected chi connectivity index (χ3v) is 2.97.